The van der Waals surface area contributed by atoms with Crippen molar-refractivity contribution in [2.24, 2.45) is 23.2 Å². The zero-order chi connectivity index (χ0) is 40.4. The Bertz CT molecular complexity index is 3350. The van der Waals surface area contributed by atoms with Crippen LogP contribution in [-0.2, 0) is 10.8 Å². The van der Waals surface area contributed by atoms with Crippen molar-refractivity contribution in [3.05, 3.63) is 192 Å². The Hall–Kier alpha value is -6.36. The fraction of sp³-hybridized carbons (Fsp3) is 0.207. The van der Waals surface area contributed by atoms with E-state index in [4.69, 9.17) is 14.7 Å². The molecule has 2 spiro atoms. The van der Waals surface area contributed by atoms with Gasteiger partial charge in [0.15, 0.2) is 5.82 Å². The molecule has 4 heteroatoms. The smallest absolute Gasteiger partial charge is 0.160 e. The average molecular weight is 815 g/mol. The number of hydrogen-bond donors (Lipinski definition) is 0. The Labute approximate surface area is 365 Å². The molecule has 7 aromatic carbocycles. The molecular formula is C58H42N2OS. The fourth-order valence-electron chi connectivity index (χ4n) is 14.5. The van der Waals surface area contributed by atoms with Gasteiger partial charge < -0.3 is 4.74 Å². The number of para-hydroxylation sites is 1. The standard InChI is InChI=1S/C58H42N2OS/c1-4-12-44-40(9-1)41-10-2-5-13-45(41)58(44)46-14-6-7-15-51(46)61-52-26-37(20-24-47(52)58)55-59-49(28-50(60-55)36-19-23-43-42-11-3-8-16-53(42)62-54(43)27-36)35-17-21-39(22-18-35)56-29-34-25-38-31-57(30-34,33-56)48(38)32-56/h1-24,26-28,34,38,48H,25,29-33H2/t34-,38?,48-,56?,57?/m0/s1. The number of aromatic nitrogens is 2. The van der Waals surface area contributed by atoms with E-state index in [0.717, 1.165) is 62.9 Å². The van der Waals surface area contributed by atoms with Crippen molar-refractivity contribution >= 4 is 31.5 Å². The Kier molecular flexibility index (Phi) is 6.61. The molecule has 296 valence electrons. The number of ether oxygens (including phenoxy) is 1. The minimum absolute atomic E-state index is 0.360. The second-order valence-electron chi connectivity index (χ2n) is 19.6. The SMILES string of the molecule is c1ccc2c(c1)Oc1cc(-c3nc(-c4ccc(C56C[C@@H]7CC8CC(C7)(C5)[C@H]8C6)cc4)cc(-c4ccc5c(c4)sc4ccccc45)n3)ccc1C21c2ccccc2-c2ccccc21. The van der Waals surface area contributed by atoms with Crippen molar-refractivity contribution < 1.29 is 4.74 Å². The predicted octanol–water partition coefficient (Wildman–Crippen LogP) is 14.8. The highest BCUT2D eigenvalue weighted by atomic mass is 32.1. The molecule has 0 radical (unpaired) electrons. The van der Waals surface area contributed by atoms with Gasteiger partial charge in [-0.25, -0.2) is 9.97 Å². The maximum atomic E-state index is 6.93. The molecule has 0 saturated heterocycles. The minimum Gasteiger partial charge on any atom is -0.457 e. The molecule has 4 bridgehead atoms. The maximum absolute atomic E-state index is 6.93. The van der Waals surface area contributed by atoms with E-state index < -0.39 is 5.41 Å². The second kappa shape index (κ2) is 12.0. The van der Waals surface area contributed by atoms with E-state index in [1.54, 1.807) is 5.56 Å². The molecule has 6 aliphatic carbocycles. The van der Waals surface area contributed by atoms with E-state index in [2.05, 4.69) is 164 Å². The zero-order valence-corrected chi connectivity index (χ0v) is 35.1. The Morgan fingerprint density at radius 2 is 1.19 bits per heavy atom. The maximum Gasteiger partial charge on any atom is 0.160 e. The number of benzene rings is 7. The first kappa shape index (κ1) is 34.3. The fourth-order valence-corrected chi connectivity index (χ4v) is 15.6. The topological polar surface area (TPSA) is 35.0 Å². The summed E-state index contributed by atoms with van der Waals surface area (Å²) in [6.45, 7) is 0. The van der Waals surface area contributed by atoms with Gasteiger partial charge in [0.1, 0.15) is 11.5 Å². The van der Waals surface area contributed by atoms with E-state index in [1.807, 2.05) is 11.3 Å². The number of thiophene rings is 1. The van der Waals surface area contributed by atoms with Gasteiger partial charge in [-0.15, -0.1) is 11.3 Å². The van der Waals surface area contributed by atoms with Crippen LogP contribution in [-0.4, -0.2) is 9.97 Å². The van der Waals surface area contributed by atoms with Crippen LogP contribution in [0.25, 0.3) is 65.2 Å². The summed E-state index contributed by atoms with van der Waals surface area (Å²) in [7, 11) is 0. The van der Waals surface area contributed by atoms with Gasteiger partial charge >= 0.3 is 0 Å². The monoisotopic (exact) mass is 814 g/mol. The van der Waals surface area contributed by atoms with Gasteiger partial charge in [-0.3, -0.25) is 0 Å². The van der Waals surface area contributed by atoms with Crippen molar-refractivity contribution in [3.63, 3.8) is 0 Å². The molecule has 62 heavy (non-hydrogen) atoms. The number of fused-ring (bicyclic) bond motifs is 13. The van der Waals surface area contributed by atoms with E-state index in [1.165, 1.54) is 86.5 Å². The van der Waals surface area contributed by atoms with Gasteiger partial charge in [0.25, 0.3) is 0 Å². The molecule has 3 heterocycles. The van der Waals surface area contributed by atoms with Gasteiger partial charge in [-0.1, -0.05) is 133 Å². The van der Waals surface area contributed by atoms with Crippen molar-refractivity contribution in [2.75, 3.05) is 0 Å². The summed E-state index contributed by atoms with van der Waals surface area (Å²) in [5, 5.41) is 2.59. The van der Waals surface area contributed by atoms with Gasteiger partial charge in [0, 0.05) is 48.0 Å². The van der Waals surface area contributed by atoms with Gasteiger partial charge in [-0.05, 0) is 125 Å². The van der Waals surface area contributed by atoms with Crippen molar-refractivity contribution in [3.8, 4) is 56.5 Å². The molecule has 7 aliphatic rings. The van der Waals surface area contributed by atoms with E-state index in [9.17, 15) is 0 Å². The van der Waals surface area contributed by atoms with E-state index >= 15 is 0 Å². The summed E-state index contributed by atoms with van der Waals surface area (Å²) in [5.74, 6) is 5.31. The molecule has 16 rings (SSSR count). The normalized spacial score (nSPS) is 24.9. The first-order valence-electron chi connectivity index (χ1n) is 22.6. The first-order chi connectivity index (χ1) is 30.6. The second-order valence-corrected chi connectivity index (χ2v) is 20.7. The van der Waals surface area contributed by atoms with Crippen LogP contribution in [0.15, 0.2) is 164 Å². The van der Waals surface area contributed by atoms with Crippen LogP contribution < -0.4 is 4.74 Å². The number of nitrogens with zero attached hydrogens (tertiary/aromatic N) is 2. The third kappa shape index (κ3) is 4.41. The predicted molar refractivity (Wildman–Crippen MR) is 251 cm³/mol. The summed E-state index contributed by atoms with van der Waals surface area (Å²) in [4.78, 5) is 10.8. The van der Waals surface area contributed by atoms with Crippen LogP contribution in [0, 0.1) is 23.2 Å². The lowest BCUT2D eigenvalue weighted by molar-refractivity contribution is -0.104. The lowest BCUT2D eigenvalue weighted by Gasteiger charge is -2.60. The lowest BCUT2D eigenvalue weighted by Crippen LogP contribution is -2.52. The summed E-state index contributed by atoms with van der Waals surface area (Å²) in [5.41, 5.74) is 14.5. The minimum atomic E-state index is -0.512. The van der Waals surface area contributed by atoms with E-state index in [-0.39, 0.29) is 0 Å². The molecule has 0 amide bonds. The van der Waals surface area contributed by atoms with Crippen LogP contribution in [0.1, 0.15) is 66.3 Å². The summed E-state index contributed by atoms with van der Waals surface area (Å²) >= 11 is 1.85. The zero-order valence-electron chi connectivity index (χ0n) is 34.3. The third-order valence-corrected chi connectivity index (χ3v) is 17.8. The Balaban J connectivity index is 0.891. The van der Waals surface area contributed by atoms with Gasteiger partial charge in [0.05, 0.1) is 16.8 Å². The Morgan fingerprint density at radius 1 is 0.516 bits per heavy atom. The molecule has 2 aromatic heterocycles. The first-order valence-corrected chi connectivity index (χ1v) is 23.4. The number of hydrogen-bond acceptors (Lipinski definition) is 4. The molecule has 9 aromatic rings. The van der Waals surface area contributed by atoms with Crippen molar-refractivity contribution in [1.82, 2.24) is 9.97 Å². The summed E-state index contributed by atoms with van der Waals surface area (Å²) in [6, 6.07) is 60.5. The molecule has 5 fully saturated rings. The van der Waals surface area contributed by atoms with Gasteiger partial charge in [0.2, 0.25) is 0 Å². The van der Waals surface area contributed by atoms with Crippen LogP contribution in [0.4, 0.5) is 0 Å². The highest BCUT2D eigenvalue weighted by Crippen LogP contribution is 2.78. The largest absolute Gasteiger partial charge is 0.457 e. The highest BCUT2D eigenvalue weighted by molar-refractivity contribution is 7.25. The molecule has 1 aliphatic heterocycles. The molecular weight excluding hydrogens is 773 g/mol. The third-order valence-electron chi connectivity index (χ3n) is 16.6. The molecule has 3 nitrogen and oxygen atoms in total. The van der Waals surface area contributed by atoms with Crippen LogP contribution in [0.2, 0.25) is 0 Å². The summed E-state index contributed by atoms with van der Waals surface area (Å²) in [6.07, 6.45) is 8.66. The Morgan fingerprint density at radius 3 is 2.03 bits per heavy atom. The van der Waals surface area contributed by atoms with E-state index in [0.29, 0.717) is 16.7 Å². The van der Waals surface area contributed by atoms with Crippen LogP contribution in [0.5, 0.6) is 11.5 Å². The average Bonchev–Trinajstić information content (AvgIpc) is 3.87. The molecule has 3 unspecified atom stereocenters. The van der Waals surface area contributed by atoms with Crippen LogP contribution in [0.3, 0.4) is 0 Å². The van der Waals surface area contributed by atoms with Gasteiger partial charge in [-0.2, -0.15) is 0 Å². The van der Waals surface area contributed by atoms with Crippen LogP contribution >= 0.6 is 11.3 Å². The molecule has 5 atom stereocenters. The quantitative estimate of drug-likeness (QED) is 0.177. The highest BCUT2D eigenvalue weighted by Gasteiger charge is 2.70. The lowest BCUT2D eigenvalue weighted by atomic mass is 9.44. The molecule has 0 N–H and O–H groups in total. The number of rotatable bonds is 4. The van der Waals surface area contributed by atoms with Crippen molar-refractivity contribution in [2.45, 2.75) is 49.4 Å². The molecule has 5 saturated carbocycles. The summed E-state index contributed by atoms with van der Waals surface area (Å²) < 4.78 is 9.51. The van der Waals surface area contributed by atoms with Crippen molar-refractivity contribution in [1.29, 1.82) is 0 Å².